The molecule has 0 radical (unpaired) electrons. The molecule has 2 aromatic carbocycles. The van der Waals surface area contributed by atoms with Gasteiger partial charge in [-0.1, -0.05) is 43.6 Å². The minimum absolute atomic E-state index is 0.00960. The maximum atomic E-state index is 13.2. The summed E-state index contributed by atoms with van der Waals surface area (Å²) in [4.78, 5) is 15.1. The fraction of sp³-hybridized carbons (Fsp3) is 0.360. The molecule has 1 amide bonds. The number of benzene rings is 2. The van der Waals surface area contributed by atoms with Crippen LogP contribution < -0.4 is 4.74 Å². The van der Waals surface area contributed by atoms with E-state index in [9.17, 15) is 4.79 Å². The predicted molar refractivity (Wildman–Crippen MR) is 123 cm³/mol. The highest BCUT2D eigenvalue weighted by Crippen LogP contribution is 2.23. The van der Waals surface area contributed by atoms with Crippen molar-refractivity contribution in [1.29, 1.82) is 0 Å². The summed E-state index contributed by atoms with van der Waals surface area (Å²) in [6.45, 7) is 5.67. The van der Waals surface area contributed by atoms with Crippen LogP contribution in [0.1, 0.15) is 42.9 Å². The van der Waals surface area contributed by atoms with E-state index in [1.54, 1.807) is 0 Å². The number of carbonyl (C=O) groups excluding carboxylic acids is 1. The van der Waals surface area contributed by atoms with E-state index in [0.717, 1.165) is 36.4 Å². The van der Waals surface area contributed by atoms with Crippen LogP contribution in [0.5, 0.6) is 5.75 Å². The molecular weight excluding hydrogens is 410 g/mol. The molecule has 0 saturated carbocycles. The first-order chi connectivity index (χ1) is 15.0. The van der Waals surface area contributed by atoms with Crippen LogP contribution in [0, 0.1) is 5.92 Å². The number of hydrogen-bond donors (Lipinski definition) is 0. The number of amides is 1. The second-order valence-corrected chi connectivity index (χ2v) is 8.87. The lowest BCUT2D eigenvalue weighted by Gasteiger charge is -2.31. The third-order valence-corrected chi connectivity index (χ3v) is 5.72. The van der Waals surface area contributed by atoms with Crippen molar-refractivity contribution in [2.45, 2.75) is 39.2 Å². The van der Waals surface area contributed by atoms with E-state index >= 15 is 0 Å². The highest BCUT2D eigenvalue weighted by Gasteiger charge is 2.27. The molecule has 0 N–H and O–H groups in total. The zero-order valence-corrected chi connectivity index (χ0v) is 18.8. The zero-order chi connectivity index (χ0) is 21.8. The lowest BCUT2D eigenvalue weighted by molar-refractivity contribution is 0.0589. The fourth-order valence-corrected chi connectivity index (χ4v) is 4.05. The SMILES string of the molecule is CC(C)Cc1cc(C(=O)N2CCC(Oc3ccc(Cl)cc3)CC2)nn1-c1ccccc1. The van der Waals surface area contributed by atoms with E-state index in [1.807, 2.05) is 70.2 Å². The molecular formula is C25H28ClN3O2. The number of para-hydroxylation sites is 1. The average molecular weight is 438 g/mol. The summed E-state index contributed by atoms with van der Waals surface area (Å²) in [6, 6.07) is 19.4. The minimum atomic E-state index is -0.00960. The average Bonchev–Trinajstić information content (AvgIpc) is 3.19. The van der Waals surface area contributed by atoms with Crippen LogP contribution in [-0.4, -0.2) is 39.8 Å². The van der Waals surface area contributed by atoms with Crippen LogP contribution in [0.3, 0.4) is 0 Å². The lowest BCUT2D eigenvalue weighted by atomic mass is 10.1. The molecule has 2 heterocycles. The van der Waals surface area contributed by atoms with Crippen molar-refractivity contribution in [2.75, 3.05) is 13.1 Å². The van der Waals surface area contributed by atoms with Gasteiger partial charge in [0, 0.05) is 36.6 Å². The molecule has 0 atom stereocenters. The van der Waals surface area contributed by atoms with E-state index < -0.39 is 0 Å². The summed E-state index contributed by atoms with van der Waals surface area (Å²) in [5.41, 5.74) is 2.55. The van der Waals surface area contributed by atoms with E-state index in [-0.39, 0.29) is 12.0 Å². The molecule has 0 bridgehead atoms. The first-order valence-corrected chi connectivity index (χ1v) is 11.2. The van der Waals surface area contributed by atoms with Crippen molar-refractivity contribution < 1.29 is 9.53 Å². The Hall–Kier alpha value is -2.79. The normalized spacial score (nSPS) is 14.8. The van der Waals surface area contributed by atoms with Gasteiger partial charge >= 0.3 is 0 Å². The largest absolute Gasteiger partial charge is 0.490 e. The van der Waals surface area contributed by atoms with Crippen molar-refractivity contribution in [1.82, 2.24) is 14.7 Å². The number of hydrogen-bond acceptors (Lipinski definition) is 3. The van der Waals surface area contributed by atoms with E-state index in [4.69, 9.17) is 16.3 Å². The number of rotatable bonds is 6. The van der Waals surface area contributed by atoms with Crippen LogP contribution in [0.25, 0.3) is 5.69 Å². The van der Waals surface area contributed by atoms with Gasteiger partial charge < -0.3 is 9.64 Å². The quantitative estimate of drug-likeness (QED) is 0.518. The maximum Gasteiger partial charge on any atom is 0.274 e. The van der Waals surface area contributed by atoms with Gasteiger partial charge in [-0.2, -0.15) is 5.10 Å². The summed E-state index contributed by atoms with van der Waals surface area (Å²) in [6.07, 6.45) is 2.56. The van der Waals surface area contributed by atoms with E-state index in [1.165, 1.54) is 0 Å². The Bertz CT molecular complexity index is 1010. The Morgan fingerprint density at radius 1 is 1.10 bits per heavy atom. The highest BCUT2D eigenvalue weighted by molar-refractivity contribution is 6.30. The van der Waals surface area contributed by atoms with Crippen LogP contribution in [0.15, 0.2) is 60.7 Å². The molecule has 1 aromatic heterocycles. The monoisotopic (exact) mass is 437 g/mol. The molecule has 0 spiro atoms. The molecule has 31 heavy (non-hydrogen) atoms. The Kier molecular flexibility index (Phi) is 6.62. The Morgan fingerprint density at radius 3 is 2.42 bits per heavy atom. The standard InChI is InChI=1S/C25H28ClN3O2/c1-18(2)16-21-17-24(27-29(21)20-6-4-3-5-7-20)25(30)28-14-12-23(13-15-28)31-22-10-8-19(26)9-11-22/h3-11,17-18,23H,12-16H2,1-2H3. The van der Waals surface area contributed by atoms with Gasteiger partial charge in [0.25, 0.3) is 5.91 Å². The van der Waals surface area contributed by atoms with Crippen molar-refractivity contribution in [3.05, 3.63) is 77.1 Å². The van der Waals surface area contributed by atoms with E-state index in [2.05, 4.69) is 18.9 Å². The molecule has 4 rings (SSSR count). The number of piperidine rings is 1. The first-order valence-electron chi connectivity index (χ1n) is 10.9. The van der Waals surface area contributed by atoms with Crippen LogP contribution >= 0.6 is 11.6 Å². The van der Waals surface area contributed by atoms with E-state index in [0.29, 0.717) is 29.7 Å². The van der Waals surface area contributed by atoms with Gasteiger partial charge in [0.05, 0.1) is 5.69 Å². The number of nitrogens with zero attached hydrogens (tertiary/aromatic N) is 3. The number of aromatic nitrogens is 2. The molecule has 3 aromatic rings. The number of likely N-dealkylation sites (tertiary alicyclic amines) is 1. The minimum Gasteiger partial charge on any atom is -0.490 e. The summed E-state index contributed by atoms with van der Waals surface area (Å²) in [5, 5.41) is 5.38. The van der Waals surface area contributed by atoms with Gasteiger partial charge in [0.2, 0.25) is 0 Å². The van der Waals surface area contributed by atoms with Crippen LogP contribution in [0.2, 0.25) is 5.02 Å². The van der Waals surface area contributed by atoms with Gasteiger partial charge in [0.1, 0.15) is 11.9 Å². The Morgan fingerprint density at radius 2 is 1.77 bits per heavy atom. The molecule has 1 saturated heterocycles. The molecule has 1 aliphatic heterocycles. The number of carbonyl (C=O) groups is 1. The smallest absolute Gasteiger partial charge is 0.274 e. The van der Waals surface area contributed by atoms with Gasteiger partial charge in [-0.25, -0.2) is 4.68 Å². The second kappa shape index (κ2) is 9.56. The van der Waals surface area contributed by atoms with Crippen LogP contribution in [-0.2, 0) is 6.42 Å². The van der Waals surface area contributed by atoms with Crippen molar-refractivity contribution in [2.24, 2.45) is 5.92 Å². The van der Waals surface area contributed by atoms with Gasteiger partial charge in [-0.05, 0) is 54.8 Å². The summed E-state index contributed by atoms with van der Waals surface area (Å²) in [7, 11) is 0. The van der Waals surface area contributed by atoms with Gasteiger partial charge in [-0.15, -0.1) is 0 Å². The predicted octanol–water partition coefficient (Wildman–Crippen LogP) is 5.41. The van der Waals surface area contributed by atoms with Gasteiger partial charge in [-0.3, -0.25) is 4.79 Å². The maximum absolute atomic E-state index is 13.2. The Labute approximate surface area is 188 Å². The number of halogens is 1. The van der Waals surface area contributed by atoms with Crippen molar-refractivity contribution in [3.63, 3.8) is 0 Å². The second-order valence-electron chi connectivity index (χ2n) is 8.43. The van der Waals surface area contributed by atoms with Crippen LogP contribution in [0.4, 0.5) is 0 Å². The molecule has 162 valence electrons. The number of ether oxygens (including phenoxy) is 1. The molecule has 0 unspecified atom stereocenters. The zero-order valence-electron chi connectivity index (χ0n) is 18.0. The molecule has 0 aliphatic carbocycles. The third-order valence-electron chi connectivity index (χ3n) is 5.47. The lowest BCUT2D eigenvalue weighted by Crippen LogP contribution is -2.42. The Balaban J connectivity index is 1.43. The van der Waals surface area contributed by atoms with Gasteiger partial charge in [0.15, 0.2) is 5.69 Å². The topological polar surface area (TPSA) is 47.4 Å². The van der Waals surface area contributed by atoms with Crippen molar-refractivity contribution >= 4 is 17.5 Å². The fourth-order valence-electron chi connectivity index (χ4n) is 3.93. The molecule has 1 aliphatic rings. The first kappa shape index (κ1) is 21.4. The summed E-state index contributed by atoms with van der Waals surface area (Å²) in [5.74, 6) is 1.28. The van der Waals surface area contributed by atoms with Crippen molar-refractivity contribution in [3.8, 4) is 11.4 Å². The highest BCUT2D eigenvalue weighted by atomic mass is 35.5. The molecule has 5 nitrogen and oxygen atoms in total. The third kappa shape index (κ3) is 5.28. The molecule has 1 fully saturated rings. The molecule has 6 heteroatoms. The summed E-state index contributed by atoms with van der Waals surface area (Å²) < 4.78 is 7.96. The summed E-state index contributed by atoms with van der Waals surface area (Å²) >= 11 is 5.94.